The highest BCUT2D eigenvalue weighted by molar-refractivity contribution is 6.92. The fourth-order valence-corrected chi connectivity index (χ4v) is 5.48. The molecule has 5 nitrogen and oxygen atoms in total. The van der Waals surface area contributed by atoms with E-state index in [1.165, 1.54) is 0 Å². The average molecular weight is 348 g/mol. The Bertz CT molecular complexity index is 578. The molecule has 130 valence electrons. The normalized spacial score (nSPS) is 11.6. The van der Waals surface area contributed by atoms with E-state index in [4.69, 9.17) is 18.3 Å². The number of aromatic hydroxyl groups is 1. The van der Waals surface area contributed by atoms with E-state index in [2.05, 4.69) is 0 Å². The SMILES string of the molecule is COCCO[Si](OCCOC)(c1ccccc1)c1ccc(O)cc1. The third kappa shape index (κ3) is 4.65. The minimum Gasteiger partial charge on any atom is -0.508 e. The van der Waals surface area contributed by atoms with Crippen LogP contribution in [0.25, 0.3) is 0 Å². The summed E-state index contributed by atoms with van der Waals surface area (Å²) in [6.45, 7) is 1.80. The van der Waals surface area contributed by atoms with Crippen molar-refractivity contribution in [2.24, 2.45) is 0 Å². The predicted molar refractivity (Wildman–Crippen MR) is 95.2 cm³/mol. The standard InChI is InChI=1S/C18H24O5Si/c1-20-12-14-22-24(23-15-13-21-2,17-6-4-3-5-7-17)18-10-8-16(19)9-11-18/h3-11,19H,12-15H2,1-2H3. The first kappa shape index (κ1) is 18.6. The zero-order valence-electron chi connectivity index (χ0n) is 14.1. The Morgan fingerprint density at radius 1 is 0.708 bits per heavy atom. The molecule has 6 heteroatoms. The van der Waals surface area contributed by atoms with E-state index in [0.29, 0.717) is 26.4 Å². The lowest BCUT2D eigenvalue weighted by Gasteiger charge is -2.31. The van der Waals surface area contributed by atoms with Gasteiger partial charge in [-0.2, -0.15) is 0 Å². The Kier molecular flexibility index (Phi) is 7.42. The van der Waals surface area contributed by atoms with Gasteiger partial charge in [0.25, 0.3) is 0 Å². The van der Waals surface area contributed by atoms with Crippen molar-refractivity contribution in [2.45, 2.75) is 0 Å². The van der Waals surface area contributed by atoms with Crippen molar-refractivity contribution in [3.8, 4) is 5.75 Å². The van der Waals surface area contributed by atoms with Crippen LogP contribution >= 0.6 is 0 Å². The minimum absolute atomic E-state index is 0.212. The molecule has 0 atom stereocenters. The van der Waals surface area contributed by atoms with E-state index >= 15 is 0 Å². The highest BCUT2D eigenvalue weighted by Gasteiger charge is 2.42. The lowest BCUT2D eigenvalue weighted by Crippen LogP contribution is -2.64. The summed E-state index contributed by atoms with van der Waals surface area (Å²) in [5.74, 6) is 0.212. The van der Waals surface area contributed by atoms with Crippen LogP contribution < -0.4 is 10.4 Å². The topological polar surface area (TPSA) is 57.2 Å². The van der Waals surface area contributed by atoms with Crippen LogP contribution in [0.1, 0.15) is 0 Å². The molecule has 0 aliphatic carbocycles. The Morgan fingerprint density at radius 2 is 1.21 bits per heavy atom. The Labute approximate surface area is 144 Å². The number of phenols is 1. The number of hydrogen-bond acceptors (Lipinski definition) is 5. The number of methoxy groups -OCH3 is 2. The van der Waals surface area contributed by atoms with Crippen LogP contribution in [0.4, 0.5) is 0 Å². The molecule has 24 heavy (non-hydrogen) atoms. The summed E-state index contributed by atoms with van der Waals surface area (Å²) < 4.78 is 22.8. The molecular formula is C18H24O5Si. The smallest absolute Gasteiger partial charge is 0.407 e. The van der Waals surface area contributed by atoms with Gasteiger partial charge < -0.3 is 23.4 Å². The van der Waals surface area contributed by atoms with Gasteiger partial charge in [0.15, 0.2) is 0 Å². The van der Waals surface area contributed by atoms with Gasteiger partial charge >= 0.3 is 8.56 Å². The van der Waals surface area contributed by atoms with Gasteiger partial charge in [0, 0.05) is 14.2 Å². The van der Waals surface area contributed by atoms with E-state index in [1.54, 1.807) is 26.4 Å². The second-order valence-corrected chi connectivity index (χ2v) is 8.18. The van der Waals surface area contributed by atoms with Crippen molar-refractivity contribution in [2.75, 3.05) is 40.6 Å². The molecule has 0 saturated carbocycles. The summed E-state index contributed by atoms with van der Waals surface area (Å²) in [4.78, 5) is 0. The molecule has 2 rings (SSSR count). The van der Waals surface area contributed by atoms with E-state index in [9.17, 15) is 5.11 Å². The van der Waals surface area contributed by atoms with Crippen molar-refractivity contribution >= 4 is 18.9 Å². The molecule has 1 N–H and O–H groups in total. The first-order valence-corrected chi connectivity index (χ1v) is 9.65. The van der Waals surface area contributed by atoms with Crippen LogP contribution in [0.2, 0.25) is 0 Å². The van der Waals surface area contributed by atoms with Crippen molar-refractivity contribution < 1.29 is 23.4 Å². The highest BCUT2D eigenvalue weighted by Crippen LogP contribution is 2.13. The molecule has 0 aromatic heterocycles. The van der Waals surface area contributed by atoms with Gasteiger partial charge in [0.1, 0.15) is 5.75 Å². The molecule has 0 saturated heterocycles. The third-order valence-electron chi connectivity index (χ3n) is 3.59. The van der Waals surface area contributed by atoms with E-state index in [1.807, 2.05) is 42.5 Å². The van der Waals surface area contributed by atoms with Crippen LogP contribution in [-0.4, -0.2) is 54.3 Å². The van der Waals surface area contributed by atoms with Crippen molar-refractivity contribution in [1.29, 1.82) is 0 Å². The van der Waals surface area contributed by atoms with Crippen molar-refractivity contribution in [3.63, 3.8) is 0 Å². The molecule has 0 heterocycles. The van der Waals surface area contributed by atoms with Crippen molar-refractivity contribution in [1.82, 2.24) is 0 Å². The quantitative estimate of drug-likeness (QED) is 0.518. The maximum Gasteiger partial charge on any atom is 0.407 e. The van der Waals surface area contributed by atoms with E-state index in [0.717, 1.165) is 10.4 Å². The predicted octanol–water partition coefficient (Wildman–Crippen LogP) is 1.27. The fourth-order valence-electron chi connectivity index (χ4n) is 2.42. The van der Waals surface area contributed by atoms with Crippen LogP contribution in [-0.2, 0) is 18.3 Å². The number of phenolic OH excluding ortho intramolecular Hbond substituents is 1. The first-order chi connectivity index (χ1) is 11.7. The molecule has 0 fully saturated rings. The summed E-state index contributed by atoms with van der Waals surface area (Å²) >= 11 is 0. The Hall–Kier alpha value is -1.70. The van der Waals surface area contributed by atoms with Crippen molar-refractivity contribution in [3.05, 3.63) is 54.6 Å². The summed E-state index contributed by atoms with van der Waals surface area (Å²) in [6.07, 6.45) is 0. The number of hydrogen-bond donors (Lipinski definition) is 1. The van der Waals surface area contributed by atoms with Crippen LogP contribution in [0, 0.1) is 0 Å². The Balaban J connectivity index is 2.42. The molecular weight excluding hydrogens is 324 g/mol. The summed E-state index contributed by atoms with van der Waals surface area (Å²) in [5.41, 5.74) is 0. The van der Waals surface area contributed by atoms with Crippen LogP contribution in [0.15, 0.2) is 54.6 Å². The maximum atomic E-state index is 9.62. The van der Waals surface area contributed by atoms with Gasteiger partial charge in [0.2, 0.25) is 0 Å². The minimum atomic E-state index is -2.92. The summed E-state index contributed by atoms with van der Waals surface area (Å²) in [6, 6.07) is 16.9. The van der Waals surface area contributed by atoms with Gasteiger partial charge in [-0.1, -0.05) is 42.5 Å². The van der Waals surface area contributed by atoms with Gasteiger partial charge in [0.05, 0.1) is 26.4 Å². The van der Waals surface area contributed by atoms with E-state index < -0.39 is 8.56 Å². The zero-order chi connectivity index (χ0) is 17.3. The van der Waals surface area contributed by atoms with Gasteiger partial charge in [-0.05, 0) is 22.5 Å². The lowest BCUT2D eigenvalue weighted by molar-refractivity contribution is 0.0970. The monoisotopic (exact) mass is 348 g/mol. The number of rotatable bonds is 10. The molecule has 0 aliphatic rings. The van der Waals surface area contributed by atoms with Gasteiger partial charge in [-0.3, -0.25) is 0 Å². The second kappa shape index (κ2) is 9.56. The lowest BCUT2D eigenvalue weighted by atomic mass is 10.3. The average Bonchev–Trinajstić information content (AvgIpc) is 2.62. The second-order valence-electron chi connectivity index (χ2n) is 5.21. The molecule has 2 aromatic rings. The molecule has 0 aliphatic heterocycles. The summed E-state index contributed by atoms with van der Waals surface area (Å²) in [7, 11) is 0.364. The fraction of sp³-hybridized carbons (Fsp3) is 0.333. The maximum absolute atomic E-state index is 9.62. The first-order valence-electron chi connectivity index (χ1n) is 7.84. The van der Waals surface area contributed by atoms with Crippen LogP contribution in [0.5, 0.6) is 5.75 Å². The largest absolute Gasteiger partial charge is 0.508 e. The molecule has 0 amide bonds. The highest BCUT2D eigenvalue weighted by atomic mass is 28.4. The number of ether oxygens (including phenoxy) is 2. The molecule has 0 spiro atoms. The number of benzene rings is 2. The summed E-state index contributed by atoms with van der Waals surface area (Å²) in [5, 5.41) is 11.5. The van der Waals surface area contributed by atoms with Gasteiger partial charge in [-0.15, -0.1) is 0 Å². The molecule has 0 radical (unpaired) electrons. The molecule has 0 unspecified atom stereocenters. The van der Waals surface area contributed by atoms with E-state index in [-0.39, 0.29) is 5.75 Å². The third-order valence-corrected chi connectivity index (χ3v) is 6.99. The molecule has 0 bridgehead atoms. The Morgan fingerprint density at radius 3 is 1.71 bits per heavy atom. The van der Waals surface area contributed by atoms with Gasteiger partial charge in [-0.25, -0.2) is 0 Å². The van der Waals surface area contributed by atoms with Crippen LogP contribution in [0.3, 0.4) is 0 Å². The molecule has 2 aromatic carbocycles. The zero-order valence-corrected chi connectivity index (χ0v) is 15.1.